The maximum absolute atomic E-state index is 12.5. The van der Waals surface area contributed by atoms with E-state index < -0.39 is 6.09 Å². The van der Waals surface area contributed by atoms with Gasteiger partial charge >= 0.3 is 6.09 Å². The predicted octanol–water partition coefficient (Wildman–Crippen LogP) is 3.33. The van der Waals surface area contributed by atoms with Gasteiger partial charge in [-0.05, 0) is 37.1 Å². The van der Waals surface area contributed by atoms with Crippen LogP contribution in [0.15, 0.2) is 24.3 Å². The second kappa shape index (κ2) is 8.68. The molecule has 0 bridgehead atoms. The molecule has 0 heterocycles. The molecular weight excluding hydrogens is 308 g/mol. The lowest BCUT2D eigenvalue weighted by Crippen LogP contribution is -2.35. The molecule has 1 fully saturated rings. The van der Waals surface area contributed by atoms with Gasteiger partial charge in [-0.2, -0.15) is 0 Å². The van der Waals surface area contributed by atoms with Gasteiger partial charge in [0.15, 0.2) is 0 Å². The summed E-state index contributed by atoms with van der Waals surface area (Å²) < 4.78 is 9.98. The maximum atomic E-state index is 12.5. The highest BCUT2D eigenvalue weighted by Crippen LogP contribution is 2.36. The van der Waals surface area contributed by atoms with Crippen molar-refractivity contribution in [3.63, 3.8) is 0 Å². The molecule has 0 spiro atoms. The lowest BCUT2D eigenvalue weighted by Gasteiger charge is -2.32. The van der Waals surface area contributed by atoms with Crippen LogP contribution in [-0.4, -0.2) is 32.3 Å². The van der Waals surface area contributed by atoms with Crippen LogP contribution in [0.4, 0.5) is 10.5 Å². The van der Waals surface area contributed by atoms with Crippen molar-refractivity contribution >= 4 is 17.7 Å². The standard InChI is InChI=1S/C18H26N2O4/c1-18(10-4-3-5-11-18)16(21)20-14-6-8-15(9-7-14)24-17(22)19-12-13-23-2/h6-9H,3-5,10-13H2,1-2H3,(H,19,22)(H,20,21). The summed E-state index contributed by atoms with van der Waals surface area (Å²) in [4.78, 5) is 24.0. The number of methoxy groups -OCH3 is 1. The third-order valence-electron chi connectivity index (χ3n) is 4.40. The first-order chi connectivity index (χ1) is 11.5. The molecule has 6 heteroatoms. The molecule has 6 nitrogen and oxygen atoms in total. The average Bonchev–Trinajstić information content (AvgIpc) is 2.57. The molecule has 0 aliphatic heterocycles. The molecule has 1 aliphatic rings. The summed E-state index contributed by atoms with van der Waals surface area (Å²) in [5.41, 5.74) is 0.424. The molecule has 0 unspecified atom stereocenters. The molecule has 0 aromatic heterocycles. The number of carbonyl (C=O) groups is 2. The lowest BCUT2D eigenvalue weighted by molar-refractivity contribution is -0.126. The molecule has 0 radical (unpaired) electrons. The van der Waals surface area contributed by atoms with Crippen molar-refractivity contribution in [1.29, 1.82) is 0 Å². The SMILES string of the molecule is COCCNC(=O)Oc1ccc(NC(=O)C2(C)CCCCC2)cc1. The molecule has 24 heavy (non-hydrogen) atoms. The van der Waals surface area contributed by atoms with Crippen LogP contribution in [0, 0.1) is 5.41 Å². The van der Waals surface area contributed by atoms with Gasteiger partial charge in [0, 0.05) is 24.8 Å². The third-order valence-corrected chi connectivity index (χ3v) is 4.40. The highest BCUT2D eigenvalue weighted by molar-refractivity contribution is 5.95. The van der Waals surface area contributed by atoms with E-state index in [0.717, 1.165) is 25.7 Å². The summed E-state index contributed by atoms with van der Waals surface area (Å²) in [6.07, 6.45) is 4.76. The fraction of sp³-hybridized carbons (Fsp3) is 0.556. The molecule has 1 aromatic rings. The number of amides is 2. The first kappa shape index (κ1) is 18.3. The molecule has 1 aromatic carbocycles. The van der Waals surface area contributed by atoms with Crippen LogP contribution in [0.5, 0.6) is 5.75 Å². The third kappa shape index (κ3) is 5.23. The van der Waals surface area contributed by atoms with Crippen LogP contribution in [0.3, 0.4) is 0 Å². The van der Waals surface area contributed by atoms with Crippen molar-refractivity contribution in [2.24, 2.45) is 5.41 Å². The second-order valence-electron chi connectivity index (χ2n) is 6.41. The number of benzene rings is 1. The van der Waals surface area contributed by atoms with Gasteiger partial charge in [0.1, 0.15) is 5.75 Å². The Labute approximate surface area is 142 Å². The summed E-state index contributed by atoms with van der Waals surface area (Å²) in [5, 5.41) is 5.53. The smallest absolute Gasteiger partial charge is 0.410 e. The van der Waals surface area contributed by atoms with Crippen LogP contribution in [0.2, 0.25) is 0 Å². The summed E-state index contributed by atoms with van der Waals surface area (Å²) in [7, 11) is 1.56. The minimum absolute atomic E-state index is 0.0631. The van der Waals surface area contributed by atoms with E-state index in [0.29, 0.717) is 24.6 Å². The van der Waals surface area contributed by atoms with Crippen LogP contribution in [0.1, 0.15) is 39.0 Å². The average molecular weight is 334 g/mol. The van der Waals surface area contributed by atoms with E-state index in [4.69, 9.17) is 9.47 Å². The summed E-state index contributed by atoms with van der Waals surface area (Å²) in [6, 6.07) is 6.80. The van der Waals surface area contributed by atoms with Crippen molar-refractivity contribution in [3.05, 3.63) is 24.3 Å². The Morgan fingerprint density at radius 2 is 1.79 bits per heavy atom. The van der Waals surface area contributed by atoms with E-state index in [9.17, 15) is 9.59 Å². The van der Waals surface area contributed by atoms with E-state index in [2.05, 4.69) is 10.6 Å². The molecule has 1 aliphatic carbocycles. The second-order valence-corrected chi connectivity index (χ2v) is 6.41. The van der Waals surface area contributed by atoms with Crippen molar-refractivity contribution in [1.82, 2.24) is 5.32 Å². The number of ether oxygens (including phenoxy) is 2. The number of rotatable bonds is 6. The summed E-state index contributed by atoms with van der Waals surface area (Å²) in [5.74, 6) is 0.486. The summed E-state index contributed by atoms with van der Waals surface area (Å²) in [6.45, 7) is 2.85. The van der Waals surface area contributed by atoms with Crippen molar-refractivity contribution in [2.45, 2.75) is 39.0 Å². The molecule has 132 valence electrons. The Morgan fingerprint density at radius 1 is 1.12 bits per heavy atom. The van der Waals surface area contributed by atoms with Crippen LogP contribution >= 0.6 is 0 Å². The lowest BCUT2D eigenvalue weighted by atomic mass is 9.75. The Morgan fingerprint density at radius 3 is 2.42 bits per heavy atom. The highest BCUT2D eigenvalue weighted by Gasteiger charge is 2.34. The van der Waals surface area contributed by atoms with E-state index in [1.54, 1.807) is 31.4 Å². The molecule has 0 saturated heterocycles. The first-order valence-corrected chi connectivity index (χ1v) is 8.40. The van der Waals surface area contributed by atoms with Crippen LogP contribution in [-0.2, 0) is 9.53 Å². The fourth-order valence-electron chi connectivity index (χ4n) is 2.85. The minimum Gasteiger partial charge on any atom is -0.410 e. The topological polar surface area (TPSA) is 76.7 Å². The largest absolute Gasteiger partial charge is 0.412 e. The first-order valence-electron chi connectivity index (χ1n) is 8.40. The van der Waals surface area contributed by atoms with Crippen molar-refractivity contribution in [2.75, 3.05) is 25.6 Å². The fourth-order valence-corrected chi connectivity index (χ4v) is 2.85. The number of hydrogen-bond acceptors (Lipinski definition) is 4. The van der Waals surface area contributed by atoms with E-state index in [1.807, 2.05) is 6.92 Å². The monoisotopic (exact) mass is 334 g/mol. The van der Waals surface area contributed by atoms with Gasteiger partial charge in [-0.1, -0.05) is 26.2 Å². The Hall–Kier alpha value is -2.08. The number of carbonyl (C=O) groups excluding carboxylic acids is 2. The van der Waals surface area contributed by atoms with Gasteiger partial charge in [0.05, 0.1) is 6.61 Å². The van der Waals surface area contributed by atoms with Gasteiger partial charge in [-0.25, -0.2) is 4.79 Å². The maximum Gasteiger partial charge on any atom is 0.412 e. The predicted molar refractivity (Wildman–Crippen MR) is 92.2 cm³/mol. The van der Waals surface area contributed by atoms with E-state index >= 15 is 0 Å². The van der Waals surface area contributed by atoms with E-state index in [-0.39, 0.29) is 11.3 Å². The Bertz CT molecular complexity index is 551. The van der Waals surface area contributed by atoms with Gasteiger partial charge in [0.2, 0.25) is 5.91 Å². The minimum atomic E-state index is -0.529. The highest BCUT2D eigenvalue weighted by atomic mass is 16.6. The Balaban J connectivity index is 1.85. The zero-order valence-electron chi connectivity index (χ0n) is 14.4. The molecular formula is C18H26N2O4. The number of nitrogens with one attached hydrogen (secondary N) is 2. The number of hydrogen-bond donors (Lipinski definition) is 2. The van der Waals surface area contributed by atoms with E-state index in [1.165, 1.54) is 6.42 Å². The summed E-state index contributed by atoms with van der Waals surface area (Å²) >= 11 is 0. The molecule has 2 N–H and O–H groups in total. The zero-order chi connectivity index (χ0) is 17.4. The normalized spacial score (nSPS) is 16.2. The Kier molecular flexibility index (Phi) is 6.61. The quantitative estimate of drug-likeness (QED) is 0.782. The molecule has 2 rings (SSSR count). The van der Waals surface area contributed by atoms with Gasteiger partial charge in [0.25, 0.3) is 0 Å². The van der Waals surface area contributed by atoms with Crippen molar-refractivity contribution < 1.29 is 19.1 Å². The van der Waals surface area contributed by atoms with Gasteiger partial charge < -0.3 is 20.1 Å². The molecule has 1 saturated carbocycles. The van der Waals surface area contributed by atoms with Gasteiger partial charge in [-0.3, -0.25) is 4.79 Å². The van der Waals surface area contributed by atoms with Crippen LogP contribution < -0.4 is 15.4 Å². The van der Waals surface area contributed by atoms with Crippen LogP contribution in [0.25, 0.3) is 0 Å². The number of anilines is 1. The molecule has 0 atom stereocenters. The van der Waals surface area contributed by atoms with Crippen molar-refractivity contribution in [3.8, 4) is 5.75 Å². The molecule has 2 amide bonds. The zero-order valence-corrected chi connectivity index (χ0v) is 14.4. The van der Waals surface area contributed by atoms with Gasteiger partial charge in [-0.15, -0.1) is 0 Å².